The standard InChI is InChI=1S/C19H21FN2O4/c1-12-5-7-14(25-12)8-10-17(23)21-16-11-13(20)6-9-15(16)22-18(24)26-19(2,3)4/h5-11H,1-4H3,(H,21,23)(H,22,24)/b10-8+. The molecule has 0 atom stereocenters. The fraction of sp³-hybridized carbons (Fsp3) is 0.263. The minimum atomic E-state index is -0.707. The van der Waals surface area contributed by atoms with Gasteiger partial charge in [0, 0.05) is 6.08 Å². The zero-order valence-electron chi connectivity index (χ0n) is 15.1. The number of nitrogens with one attached hydrogen (secondary N) is 2. The Morgan fingerprint density at radius 1 is 1.12 bits per heavy atom. The maximum absolute atomic E-state index is 13.5. The van der Waals surface area contributed by atoms with Crippen LogP contribution < -0.4 is 10.6 Å². The summed E-state index contributed by atoms with van der Waals surface area (Å²) in [7, 11) is 0. The van der Waals surface area contributed by atoms with E-state index in [1.807, 2.05) is 0 Å². The van der Waals surface area contributed by atoms with Crippen molar-refractivity contribution in [1.29, 1.82) is 0 Å². The van der Waals surface area contributed by atoms with Crippen LogP contribution >= 0.6 is 0 Å². The molecule has 138 valence electrons. The SMILES string of the molecule is Cc1ccc(/C=C/C(=O)Nc2cc(F)ccc2NC(=O)OC(C)(C)C)o1. The second-order valence-corrected chi connectivity index (χ2v) is 6.59. The van der Waals surface area contributed by atoms with Crippen LogP contribution in [-0.4, -0.2) is 17.6 Å². The first-order valence-electron chi connectivity index (χ1n) is 7.97. The van der Waals surface area contributed by atoms with E-state index < -0.39 is 23.4 Å². The summed E-state index contributed by atoms with van der Waals surface area (Å²) >= 11 is 0. The van der Waals surface area contributed by atoms with Crippen LogP contribution in [-0.2, 0) is 9.53 Å². The number of rotatable bonds is 4. The molecule has 1 aromatic carbocycles. The van der Waals surface area contributed by atoms with Crippen molar-refractivity contribution in [2.45, 2.75) is 33.3 Å². The molecule has 0 unspecified atom stereocenters. The molecule has 0 aliphatic carbocycles. The maximum Gasteiger partial charge on any atom is 0.412 e. The number of carbonyl (C=O) groups excluding carboxylic acids is 2. The van der Waals surface area contributed by atoms with Crippen molar-refractivity contribution < 1.29 is 23.1 Å². The molecular formula is C19H21FN2O4. The number of aryl methyl sites for hydroxylation is 1. The number of hydrogen-bond donors (Lipinski definition) is 2. The molecule has 6 nitrogen and oxygen atoms in total. The van der Waals surface area contributed by atoms with Crippen molar-refractivity contribution in [3.05, 3.63) is 53.7 Å². The lowest BCUT2D eigenvalue weighted by Crippen LogP contribution is -2.27. The highest BCUT2D eigenvalue weighted by atomic mass is 19.1. The van der Waals surface area contributed by atoms with E-state index in [9.17, 15) is 14.0 Å². The summed E-state index contributed by atoms with van der Waals surface area (Å²) in [6.07, 6.45) is 2.03. The van der Waals surface area contributed by atoms with Gasteiger partial charge in [-0.3, -0.25) is 10.1 Å². The Kier molecular flexibility index (Phi) is 5.82. The average molecular weight is 360 g/mol. The predicted molar refractivity (Wildman–Crippen MR) is 97.4 cm³/mol. The Hall–Kier alpha value is -3.09. The molecule has 2 aromatic rings. The second kappa shape index (κ2) is 7.86. The third-order valence-electron chi connectivity index (χ3n) is 3.04. The topological polar surface area (TPSA) is 80.6 Å². The smallest absolute Gasteiger partial charge is 0.412 e. The number of amides is 2. The number of ether oxygens (including phenoxy) is 1. The van der Waals surface area contributed by atoms with Crippen molar-refractivity contribution in [2.24, 2.45) is 0 Å². The summed E-state index contributed by atoms with van der Waals surface area (Å²) in [5, 5.41) is 5.01. The highest BCUT2D eigenvalue weighted by Crippen LogP contribution is 2.24. The monoisotopic (exact) mass is 360 g/mol. The first-order valence-corrected chi connectivity index (χ1v) is 7.97. The molecule has 2 amide bonds. The van der Waals surface area contributed by atoms with Gasteiger partial charge < -0.3 is 14.5 Å². The number of carbonyl (C=O) groups is 2. The van der Waals surface area contributed by atoms with Gasteiger partial charge in [-0.25, -0.2) is 9.18 Å². The van der Waals surface area contributed by atoms with Crippen molar-refractivity contribution in [3.8, 4) is 0 Å². The summed E-state index contributed by atoms with van der Waals surface area (Å²) < 4.78 is 24.0. The molecule has 1 aromatic heterocycles. The fourth-order valence-corrected chi connectivity index (χ4v) is 2.02. The Morgan fingerprint density at radius 3 is 2.46 bits per heavy atom. The summed E-state index contributed by atoms with van der Waals surface area (Å²) in [6.45, 7) is 6.96. The van der Waals surface area contributed by atoms with E-state index in [0.717, 1.165) is 11.8 Å². The van der Waals surface area contributed by atoms with Crippen molar-refractivity contribution in [2.75, 3.05) is 10.6 Å². The molecule has 7 heteroatoms. The second-order valence-electron chi connectivity index (χ2n) is 6.59. The van der Waals surface area contributed by atoms with Crippen LogP contribution in [0.1, 0.15) is 32.3 Å². The van der Waals surface area contributed by atoms with Gasteiger partial charge in [0.1, 0.15) is 22.9 Å². The highest BCUT2D eigenvalue weighted by Gasteiger charge is 2.17. The average Bonchev–Trinajstić information content (AvgIpc) is 2.92. The molecule has 0 fully saturated rings. The largest absolute Gasteiger partial charge is 0.462 e. The predicted octanol–water partition coefficient (Wildman–Crippen LogP) is 4.73. The molecule has 0 saturated carbocycles. The van der Waals surface area contributed by atoms with Crippen LogP contribution in [0.5, 0.6) is 0 Å². The molecule has 0 spiro atoms. The lowest BCUT2D eigenvalue weighted by Gasteiger charge is -2.20. The van der Waals surface area contributed by atoms with Crippen molar-refractivity contribution in [1.82, 2.24) is 0 Å². The van der Waals surface area contributed by atoms with E-state index in [2.05, 4.69) is 10.6 Å². The number of halogens is 1. The molecule has 1 heterocycles. The van der Waals surface area contributed by atoms with E-state index in [-0.39, 0.29) is 11.4 Å². The van der Waals surface area contributed by atoms with Gasteiger partial charge in [0.25, 0.3) is 0 Å². The number of hydrogen-bond acceptors (Lipinski definition) is 4. The zero-order chi connectivity index (χ0) is 19.3. The zero-order valence-corrected chi connectivity index (χ0v) is 15.1. The van der Waals surface area contributed by atoms with Crippen LogP contribution in [0.25, 0.3) is 6.08 Å². The van der Waals surface area contributed by atoms with E-state index in [1.54, 1.807) is 39.8 Å². The maximum atomic E-state index is 13.5. The number of furan rings is 1. The molecule has 0 aliphatic rings. The number of benzene rings is 1. The minimum absolute atomic E-state index is 0.112. The van der Waals surface area contributed by atoms with Crippen molar-refractivity contribution >= 4 is 29.5 Å². The molecule has 26 heavy (non-hydrogen) atoms. The van der Waals surface area contributed by atoms with Gasteiger partial charge >= 0.3 is 6.09 Å². The van der Waals surface area contributed by atoms with Crippen LogP contribution in [0.2, 0.25) is 0 Å². The molecule has 0 radical (unpaired) electrons. The lowest BCUT2D eigenvalue weighted by molar-refractivity contribution is -0.111. The molecule has 2 rings (SSSR count). The van der Waals surface area contributed by atoms with Gasteiger partial charge in [-0.2, -0.15) is 0 Å². The Bertz CT molecular complexity index is 834. The molecule has 2 N–H and O–H groups in total. The van der Waals surface area contributed by atoms with Gasteiger partial charge in [0.2, 0.25) is 5.91 Å². The van der Waals surface area contributed by atoms with Crippen LogP contribution in [0.3, 0.4) is 0 Å². The quantitative estimate of drug-likeness (QED) is 0.773. The van der Waals surface area contributed by atoms with E-state index in [1.165, 1.54) is 24.3 Å². The van der Waals surface area contributed by atoms with E-state index >= 15 is 0 Å². The third kappa shape index (κ3) is 6.08. The van der Waals surface area contributed by atoms with Gasteiger partial charge in [-0.1, -0.05) is 0 Å². The molecule has 0 saturated heterocycles. The Labute approximate surface area is 151 Å². The fourth-order valence-electron chi connectivity index (χ4n) is 2.02. The minimum Gasteiger partial charge on any atom is -0.462 e. The van der Waals surface area contributed by atoms with Crippen molar-refractivity contribution in [3.63, 3.8) is 0 Å². The summed E-state index contributed by atoms with van der Waals surface area (Å²) in [4.78, 5) is 24.0. The van der Waals surface area contributed by atoms with Gasteiger partial charge in [0.15, 0.2) is 0 Å². The molecule has 0 bridgehead atoms. The van der Waals surface area contributed by atoms with Crippen LogP contribution in [0.15, 0.2) is 40.8 Å². The van der Waals surface area contributed by atoms with Crippen LogP contribution in [0, 0.1) is 12.7 Å². The first kappa shape index (κ1) is 19.2. The summed E-state index contributed by atoms with van der Waals surface area (Å²) in [6, 6.07) is 7.11. The van der Waals surface area contributed by atoms with Gasteiger partial charge in [-0.15, -0.1) is 0 Å². The third-order valence-corrected chi connectivity index (χ3v) is 3.04. The van der Waals surface area contributed by atoms with Gasteiger partial charge in [0.05, 0.1) is 11.4 Å². The molecular weight excluding hydrogens is 339 g/mol. The summed E-state index contributed by atoms with van der Waals surface area (Å²) in [5.41, 5.74) is -0.352. The molecule has 0 aliphatic heterocycles. The first-order chi connectivity index (χ1) is 12.1. The highest BCUT2D eigenvalue weighted by molar-refractivity contribution is 6.04. The Balaban J connectivity index is 2.10. The van der Waals surface area contributed by atoms with Crippen LogP contribution in [0.4, 0.5) is 20.6 Å². The normalized spacial score (nSPS) is 11.4. The van der Waals surface area contributed by atoms with E-state index in [0.29, 0.717) is 5.76 Å². The summed E-state index contributed by atoms with van der Waals surface area (Å²) in [5.74, 6) is 0.181. The van der Waals surface area contributed by atoms with E-state index in [4.69, 9.17) is 9.15 Å². The lowest BCUT2D eigenvalue weighted by atomic mass is 10.2. The number of anilines is 2. The van der Waals surface area contributed by atoms with Gasteiger partial charge in [-0.05, 0) is 64.1 Å². The Morgan fingerprint density at radius 2 is 1.85 bits per heavy atom.